The Morgan fingerprint density at radius 3 is 1.95 bits per heavy atom. The van der Waals surface area contributed by atoms with E-state index in [-0.39, 0.29) is 11.8 Å². The third kappa shape index (κ3) is 2.74. The predicted octanol–water partition coefficient (Wildman–Crippen LogP) is 3.46. The van der Waals surface area contributed by atoms with Gasteiger partial charge in [-0.3, -0.25) is 4.79 Å². The lowest BCUT2D eigenvalue weighted by molar-refractivity contribution is -0.121. The van der Waals surface area contributed by atoms with Crippen LogP contribution in [0.5, 0.6) is 0 Å². The van der Waals surface area contributed by atoms with E-state index < -0.39 is 0 Å². The van der Waals surface area contributed by atoms with Crippen LogP contribution >= 0.6 is 0 Å². The highest BCUT2D eigenvalue weighted by Gasteiger charge is 2.29. The molecule has 2 heteroatoms. The third-order valence-corrected chi connectivity index (χ3v) is 4.12. The summed E-state index contributed by atoms with van der Waals surface area (Å²) in [5.74, 6) is 0.830. The first-order valence-electron chi connectivity index (χ1n) is 7.21. The lowest BCUT2D eigenvalue weighted by Gasteiger charge is -2.25. The molecule has 102 valence electrons. The molecule has 0 bridgehead atoms. The van der Waals surface area contributed by atoms with Crippen LogP contribution in [-0.4, -0.2) is 12.5 Å². The lowest BCUT2D eigenvalue weighted by Crippen LogP contribution is -2.22. The molecule has 0 saturated carbocycles. The molecule has 2 nitrogen and oxygen atoms in total. The molecule has 0 aromatic heterocycles. The number of amides is 1. The smallest absolute Gasteiger partial charge is 0.220 e. The van der Waals surface area contributed by atoms with Gasteiger partial charge in [-0.1, -0.05) is 60.7 Å². The molecule has 0 aliphatic carbocycles. The number of hydrogen-bond donors (Lipinski definition) is 1. The predicted molar refractivity (Wildman–Crippen MR) is 80.6 cm³/mol. The topological polar surface area (TPSA) is 29.1 Å². The Morgan fingerprint density at radius 1 is 0.800 bits per heavy atom. The van der Waals surface area contributed by atoms with Gasteiger partial charge in [0, 0.05) is 13.0 Å². The molecule has 1 N–H and O–H groups in total. The van der Waals surface area contributed by atoms with Crippen LogP contribution in [0.25, 0.3) is 0 Å². The molecule has 2 aromatic carbocycles. The van der Waals surface area contributed by atoms with Gasteiger partial charge in [0.15, 0.2) is 0 Å². The van der Waals surface area contributed by atoms with E-state index >= 15 is 0 Å². The molecule has 1 amide bonds. The van der Waals surface area contributed by atoms with Crippen molar-refractivity contribution in [3.8, 4) is 0 Å². The van der Waals surface area contributed by atoms with Crippen molar-refractivity contribution in [2.75, 3.05) is 6.54 Å². The molecule has 2 atom stereocenters. The van der Waals surface area contributed by atoms with E-state index in [9.17, 15) is 4.79 Å². The van der Waals surface area contributed by atoms with Gasteiger partial charge < -0.3 is 5.32 Å². The van der Waals surface area contributed by atoms with Gasteiger partial charge in [-0.05, 0) is 29.4 Å². The molecule has 1 fully saturated rings. The van der Waals surface area contributed by atoms with Crippen molar-refractivity contribution < 1.29 is 4.79 Å². The maximum absolute atomic E-state index is 11.9. The van der Waals surface area contributed by atoms with Gasteiger partial charge in [-0.15, -0.1) is 0 Å². The summed E-state index contributed by atoms with van der Waals surface area (Å²) in [6.07, 6.45) is 1.57. The fourth-order valence-electron chi connectivity index (χ4n) is 3.13. The first-order chi connectivity index (χ1) is 9.84. The number of benzene rings is 2. The van der Waals surface area contributed by atoms with Gasteiger partial charge in [0.05, 0.1) is 0 Å². The lowest BCUT2D eigenvalue weighted by atomic mass is 9.78. The van der Waals surface area contributed by atoms with Crippen LogP contribution in [0, 0.1) is 0 Å². The van der Waals surface area contributed by atoms with E-state index in [1.165, 1.54) is 11.1 Å². The Morgan fingerprint density at radius 2 is 1.35 bits per heavy atom. The Kier molecular flexibility index (Phi) is 3.82. The maximum Gasteiger partial charge on any atom is 0.220 e. The molecule has 20 heavy (non-hydrogen) atoms. The summed E-state index contributed by atoms with van der Waals surface area (Å²) in [6, 6.07) is 21.0. The average molecular weight is 265 g/mol. The number of rotatable bonds is 2. The zero-order valence-corrected chi connectivity index (χ0v) is 11.5. The molecule has 1 saturated heterocycles. The van der Waals surface area contributed by atoms with Crippen molar-refractivity contribution in [1.82, 2.24) is 5.32 Å². The van der Waals surface area contributed by atoms with Crippen LogP contribution < -0.4 is 5.32 Å². The second-order valence-electron chi connectivity index (χ2n) is 5.38. The summed E-state index contributed by atoms with van der Waals surface area (Å²) < 4.78 is 0. The maximum atomic E-state index is 11.9. The summed E-state index contributed by atoms with van der Waals surface area (Å²) in [6.45, 7) is 0.766. The van der Waals surface area contributed by atoms with Gasteiger partial charge in [-0.25, -0.2) is 0 Å². The zero-order chi connectivity index (χ0) is 13.8. The van der Waals surface area contributed by atoms with E-state index in [2.05, 4.69) is 53.8 Å². The highest BCUT2D eigenvalue weighted by Crippen LogP contribution is 2.39. The first kappa shape index (κ1) is 12.9. The van der Waals surface area contributed by atoms with Gasteiger partial charge in [0.1, 0.15) is 0 Å². The number of nitrogens with one attached hydrogen (secondary N) is 1. The minimum Gasteiger partial charge on any atom is -0.356 e. The van der Waals surface area contributed by atoms with Crippen LogP contribution in [-0.2, 0) is 4.79 Å². The molecular weight excluding hydrogens is 246 g/mol. The van der Waals surface area contributed by atoms with Crippen molar-refractivity contribution in [1.29, 1.82) is 0 Å². The SMILES string of the molecule is O=C1C[C@@H](c2ccccc2)[C@H](c2ccccc2)CCN1. The van der Waals surface area contributed by atoms with Gasteiger partial charge in [0.2, 0.25) is 5.91 Å². The Bertz CT molecular complexity index is 564. The normalized spacial score (nSPS) is 22.9. The second kappa shape index (κ2) is 5.91. The Balaban J connectivity index is 1.98. The molecule has 1 aliphatic heterocycles. The van der Waals surface area contributed by atoms with Crippen LogP contribution in [0.3, 0.4) is 0 Å². The fourth-order valence-corrected chi connectivity index (χ4v) is 3.13. The van der Waals surface area contributed by atoms with Gasteiger partial charge in [0.25, 0.3) is 0 Å². The molecule has 3 rings (SSSR count). The highest BCUT2D eigenvalue weighted by atomic mass is 16.1. The van der Waals surface area contributed by atoms with Crippen molar-refractivity contribution in [2.24, 2.45) is 0 Å². The standard InChI is InChI=1S/C18H19NO/c20-18-13-17(15-9-5-2-6-10-15)16(11-12-19-18)14-7-3-1-4-8-14/h1-10,16-17H,11-13H2,(H,19,20)/t16-,17-/m0/s1. The fraction of sp³-hybridized carbons (Fsp3) is 0.278. The van der Waals surface area contributed by atoms with Crippen LogP contribution in [0.2, 0.25) is 0 Å². The van der Waals surface area contributed by atoms with Crippen LogP contribution in [0.15, 0.2) is 60.7 Å². The van der Waals surface area contributed by atoms with E-state index in [1.54, 1.807) is 0 Å². The van der Waals surface area contributed by atoms with Crippen molar-refractivity contribution >= 4 is 5.91 Å². The van der Waals surface area contributed by atoms with Crippen LogP contribution in [0.4, 0.5) is 0 Å². The summed E-state index contributed by atoms with van der Waals surface area (Å²) in [4.78, 5) is 11.9. The molecule has 1 heterocycles. The van der Waals surface area contributed by atoms with E-state index in [0.717, 1.165) is 13.0 Å². The summed E-state index contributed by atoms with van der Waals surface area (Å²) in [5.41, 5.74) is 2.59. The summed E-state index contributed by atoms with van der Waals surface area (Å²) in [7, 11) is 0. The van der Waals surface area contributed by atoms with E-state index in [1.807, 2.05) is 12.1 Å². The van der Waals surface area contributed by atoms with Gasteiger partial charge in [-0.2, -0.15) is 0 Å². The van der Waals surface area contributed by atoms with Gasteiger partial charge >= 0.3 is 0 Å². The number of hydrogen-bond acceptors (Lipinski definition) is 1. The molecule has 0 spiro atoms. The van der Waals surface area contributed by atoms with E-state index in [4.69, 9.17) is 0 Å². The van der Waals surface area contributed by atoms with E-state index in [0.29, 0.717) is 12.3 Å². The molecular formula is C18H19NO. The van der Waals surface area contributed by atoms with Crippen molar-refractivity contribution in [3.05, 3.63) is 71.8 Å². The Hall–Kier alpha value is -2.09. The average Bonchev–Trinajstić information content (AvgIpc) is 2.71. The largest absolute Gasteiger partial charge is 0.356 e. The molecule has 2 aromatic rings. The zero-order valence-electron chi connectivity index (χ0n) is 11.5. The first-order valence-corrected chi connectivity index (χ1v) is 7.21. The van der Waals surface area contributed by atoms with Crippen molar-refractivity contribution in [2.45, 2.75) is 24.7 Å². The van der Waals surface area contributed by atoms with Crippen LogP contribution in [0.1, 0.15) is 35.8 Å². The number of carbonyl (C=O) groups is 1. The Labute approximate surface area is 119 Å². The monoisotopic (exact) mass is 265 g/mol. The summed E-state index contributed by atoms with van der Waals surface area (Å²) >= 11 is 0. The minimum atomic E-state index is 0.164. The highest BCUT2D eigenvalue weighted by molar-refractivity contribution is 5.77. The number of carbonyl (C=O) groups excluding carboxylic acids is 1. The third-order valence-electron chi connectivity index (χ3n) is 4.12. The minimum absolute atomic E-state index is 0.164. The molecule has 0 radical (unpaired) electrons. The molecule has 0 unspecified atom stereocenters. The molecule has 1 aliphatic rings. The second-order valence-corrected chi connectivity index (χ2v) is 5.38. The van der Waals surface area contributed by atoms with Crippen molar-refractivity contribution in [3.63, 3.8) is 0 Å². The quantitative estimate of drug-likeness (QED) is 0.885. The summed E-state index contributed by atoms with van der Waals surface area (Å²) in [5, 5.41) is 3.01.